The molecule has 4 rings (SSSR count). The van der Waals surface area contributed by atoms with E-state index in [4.69, 9.17) is 23.2 Å². The zero-order valence-corrected chi connectivity index (χ0v) is 19.8. The Morgan fingerprint density at radius 2 is 1.58 bits per heavy atom. The Morgan fingerprint density at radius 1 is 0.917 bits per heavy atom. The van der Waals surface area contributed by atoms with E-state index in [9.17, 15) is 31.1 Å². The summed E-state index contributed by atoms with van der Waals surface area (Å²) >= 11 is 11.7. The first-order valence-electron chi connectivity index (χ1n) is 10.6. The molecule has 1 atom stereocenters. The molecule has 0 radical (unpaired) electrons. The second kappa shape index (κ2) is 9.82. The molecule has 0 aromatic heterocycles. The molecule has 3 aromatic carbocycles. The van der Waals surface area contributed by atoms with Gasteiger partial charge < -0.3 is 4.90 Å². The number of nitrogens with zero attached hydrogens (tertiary/aromatic N) is 1. The van der Waals surface area contributed by atoms with Crippen LogP contribution in [-0.4, -0.2) is 17.0 Å². The van der Waals surface area contributed by atoms with Crippen molar-refractivity contribution in [2.45, 2.75) is 31.4 Å². The zero-order chi connectivity index (χ0) is 26.3. The third-order valence-corrected chi connectivity index (χ3v) is 6.21. The predicted octanol–water partition coefficient (Wildman–Crippen LogP) is 8.53. The molecule has 2 nitrogen and oxygen atoms in total. The van der Waals surface area contributed by atoms with Gasteiger partial charge >= 0.3 is 12.4 Å². The van der Waals surface area contributed by atoms with Crippen LogP contribution in [0.3, 0.4) is 0 Å². The van der Waals surface area contributed by atoms with Crippen LogP contribution in [0.1, 0.15) is 44.1 Å². The van der Waals surface area contributed by atoms with Crippen molar-refractivity contribution >= 4 is 35.2 Å². The van der Waals surface area contributed by atoms with Crippen molar-refractivity contribution in [2.24, 2.45) is 0 Å². The number of rotatable bonds is 5. The van der Waals surface area contributed by atoms with Gasteiger partial charge in [0, 0.05) is 28.7 Å². The van der Waals surface area contributed by atoms with Crippen LogP contribution in [0, 0.1) is 0 Å². The fraction of sp³-hybridized carbons (Fsp3) is 0.192. The van der Waals surface area contributed by atoms with E-state index in [2.05, 4.69) is 0 Å². The van der Waals surface area contributed by atoms with E-state index in [-0.39, 0.29) is 45.7 Å². The fourth-order valence-corrected chi connectivity index (χ4v) is 4.66. The van der Waals surface area contributed by atoms with Crippen molar-refractivity contribution in [1.82, 2.24) is 4.90 Å². The first-order chi connectivity index (χ1) is 16.8. The summed E-state index contributed by atoms with van der Waals surface area (Å²) in [5.74, 6) is -2.51. The van der Waals surface area contributed by atoms with E-state index < -0.39 is 23.8 Å². The molecule has 1 aliphatic heterocycles. The molecule has 0 bridgehead atoms. The molecular formula is C26H17Cl2F6NO. The first-order valence-corrected chi connectivity index (χ1v) is 11.4. The van der Waals surface area contributed by atoms with Crippen LogP contribution in [0.2, 0.25) is 10.0 Å². The lowest BCUT2D eigenvalue weighted by molar-refractivity contribution is -0.140. The number of allylic oxidation sites excluding steroid dienone is 1. The fourth-order valence-electron chi connectivity index (χ4n) is 4.12. The predicted molar refractivity (Wildman–Crippen MR) is 126 cm³/mol. The zero-order valence-electron chi connectivity index (χ0n) is 18.3. The van der Waals surface area contributed by atoms with E-state index in [1.807, 2.05) is 0 Å². The Morgan fingerprint density at radius 3 is 2.19 bits per heavy atom. The van der Waals surface area contributed by atoms with Crippen molar-refractivity contribution in [3.05, 3.63) is 110 Å². The number of carbonyl (C=O) groups is 1. The van der Waals surface area contributed by atoms with Crippen LogP contribution in [-0.2, 0) is 19.3 Å². The highest BCUT2D eigenvalue weighted by Gasteiger charge is 2.39. The van der Waals surface area contributed by atoms with Crippen molar-refractivity contribution < 1.29 is 31.1 Å². The largest absolute Gasteiger partial charge is 0.416 e. The van der Waals surface area contributed by atoms with Crippen LogP contribution in [0.4, 0.5) is 26.3 Å². The number of fused-ring (bicyclic) bond motifs is 1. The van der Waals surface area contributed by atoms with E-state index in [1.165, 1.54) is 23.1 Å². The monoisotopic (exact) mass is 543 g/mol. The second-order valence-electron chi connectivity index (χ2n) is 8.31. The molecule has 0 N–H and O–H groups in total. The number of hydrogen-bond donors (Lipinski definition) is 0. The Bertz CT molecular complexity index is 1310. The molecule has 1 aliphatic rings. The number of halogens is 8. The average molecular weight is 544 g/mol. The van der Waals surface area contributed by atoms with Crippen LogP contribution in [0.5, 0.6) is 0 Å². The third-order valence-electron chi connectivity index (χ3n) is 5.77. The molecule has 1 unspecified atom stereocenters. The van der Waals surface area contributed by atoms with Crippen molar-refractivity contribution in [2.75, 3.05) is 0 Å². The van der Waals surface area contributed by atoms with Gasteiger partial charge in [0.1, 0.15) is 0 Å². The van der Waals surface area contributed by atoms with E-state index in [0.29, 0.717) is 5.56 Å². The topological polar surface area (TPSA) is 20.3 Å². The third kappa shape index (κ3) is 5.71. The van der Waals surface area contributed by atoms with Crippen LogP contribution < -0.4 is 0 Å². The molecule has 1 amide bonds. The minimum Gasteiger partial charge on any atom is -0.330 e. The lowest BCUT2D eigenvalue weighted by atomic mass is 9.96. The molecule has 0 saturated heterocycles. The summed E-state index contributed by atoms with van der Waals surface area (Å²) in [7, 11) is 0. The summed E-state index contributed by atoms with van der Waals surface area (Å²) in [6, 6.07) is 13.5. The summed E-state index contributed by atoms with van der Waals surface area (Å²) in [6.07, 6.45) is -7.78. The molecule has 0 saturated carbocycles. The van der Waals surface area contributed by atoms with Crippen LogP contribution in [0.25, 0.3) is 6.08 Å². The quantitative estimate of drug-likeness (QED) is 0.295. The SMILES string of the molecule is O=C1c2ccccc2CN1Cc1ccc(/C=C/C(c2cc(Cl)cc(Cl)c2)C(F)(F)F)cc1C(F)(F)F. The van der Waals surface area contributed by atoms with Gasteiger partial charge in [-0.25, -0.2) is 0 Å². The highest BCUT2D eigenvalue weighted by Crippen LogP contribution is 2.39. The lowest BCUT2D eigenvalue weighted by Gasteiger charge is -2.20. The highest BCUT2D eigenvalue weighted by atomic mass is 35.5. The van der Waals surface area contributed by atoms with Gasteiger partial charge in [-0.15, -0.1) is 0 Å². The van der Waals surface area contributed by atoms with Crippen molar-refractivity contribution in [3.8, 4) is 0 Å². The van der Waals surface area contributed by atoms with Gasteiger partial charge in [0.25, 0.3) is 5.91 Å². The van der Waals surface area contributed by atoms with Gasteiger partial charge in [-0.1, -0.05) is 65.7 Å². The Balaban J connectivity index is 1.64. The van der Waals surface area contributed by atoms with Gasteiger partial charge in [0.2, 0.25) is 0 Å². The maximum absolute atomic E-state index is 13.9. The molecule has 0 aliphatic carbocycles. The lowest BCUT2D eigenvalue weighted by Crippen LogP contribution is -2.25. The van der Waals surface area contributed by atoms with Crippen molar-refractivity contribution in [1.29, 1.82) is 0 Å². The van der Waals surface area contributed by atoms with Gasteiger partial charge in [-0.2, -0.15) is 26.3 Å². The number of hydrogen-bond acceptors (Lipinski definition) is 1. The van der Waals surface area contributed by atoms with Gasteiger partial charge in [0.05, 0.1) is 11.5 Å². The molecule has 1 heterocycles. The normalized spacial score (nSPS) is 15.0. The maximum atomic E-state index is 13.9. The molecule has 10 heteroatoms. The van der Waals surface area contributed by atoms with E-state index in [0.717, 1.165) is 35.9 Å². The summed E-state index contributed by atoms with van der Waals surface area (Å²) < 4.78 is 82.8. The maximum Gasteiger partial charge on any atom is 0.416 e. The van der Waals surface area contributed by atoms with E-state index >= 15 is 0 Å². The van der Waals surface area contributed by atoms with E-state index in [1.54, 1.807) is 24.3 Å². The Hall–Kier alpha value is -2.97. The average Bonchev–Trinajstić information content (AvgIpc) is 3.08. The minimum absolute atomic E-state index is 0.00229. The standard InChI is InChI=1S/C26H17Cl2F6NO/c27-19-10-18(11-20(28)12-19)22(25(29,30)31)8-6-15-5-7-17(23(9-15)26(32,33)34)14-35-13-16-3-1-2-4-21(16)24(35)36/h1-12,22H,13-14H2/b8-6+. The highest BCUT2D eigenvalue weighted by molar-refractivity contribution is 6.34. The molecule has 0 spiro atoms. The van der Waals surface area contributed by atoms with Crippen LogP contribution >= 0.6 is 23.2 Å². The molecule has 36 heavy (non-hydrogen) atoms. The Kier molecular flexibility index (Phi) is 7.12. The first kappa shape index (κ1) is 26.1. The number of carbonyl (C=O) groups excluding carboxylic acids is 1. The molecular weight excluding hydrogens is 527 g/mol. The summed E-state index contributed by atoms with van der Waals surface area (Å²) in [4.78, 5) is 13.9. The summed E-state index contributed by atoms with van der Waals surface area (Å²) in [5.41, 5.74) is -0.349. The molecule has 3 aromatic rings. The van der Waals surface area contributed by atoms with Gasteiger partial charge in [0.15, 0.2) is 0 Å². The smallest absolute Gasteiger partial charge is 0.330 e. The Labute approximate surface area is 212 Å². The summed E-state index contributed by atoms with van der Waals surface area (Å²) in [5, 5.41) is 0.00458. The second-order valence-corrected chi connectivity index (χ2v) is 9.19. The summed E-state index contributed by atoms with van der Waals surface area (Å²) in [6.45, 7) is -0.123. The van der Waals surface area contributed by atoms with Gasteiger partial charge in [-0.3, -0.25) is 4.79 Å². The minimum atomic E-state index is -4.78. The number of benzene rings is 3. The van der Waals surface area contributed by atoms with Gasteiger partial charge in [-0.05, 0) is 52.6 Å². The number of amides is 1. The van der Waals surface area contributed by atoms with Crippen LogP contribution in [0.15, 0.2) is 66.7 Å². The molecule has 0 fully saturated rings. The molecule has 188 valence electrons. The number of alkyl halides is 6. The van der Waals surface area contributed by atoms with Crippen molar-refractivity contribution in [3.63, 3.8) is 0 Å².